The van der Waals surface area contributed by atoms with Gasteiger partial charge in [-0.05, 0) is 0 Å². The van der Waals surface area contributed by atoms with E-state index in [0.717, 1.165) is 0 Å². The Morgan fingerprint density at radius 3 is 1.40 bits per heavy atom. The maximum atomic E-state index is 12.7. The SMILES string of the molecule is O=C(F)NS(=O)(=O)C(F)(F)C(F)(F)C(F)(F)C(F)(F)F. The molecule has 0 spiro atoms. The number of sulfonamides is 1. The van der Waals surface area contributed by atoms with Crippen LogP contribution in [-0.4, -0.2) is 37.9 Å². The molecule has 15 heteroatoms. The molecule has 0 atom stereocenters. The molecular formula is C5HF10NO3S. The summed E-state index contributed by atoms with van der Waals surface area (Å²) in [6.07, 6.45) is -10.6. The molecule has 4 nitrogen and oxygen atoms in total. The molecule has 0 fully saturated rings. The second-order valence-corrected chi connectivity index (χ2v) is 4.77. The molecule has 0 rings (SSSR count). The molecule has 0 aliphatic rings. The Morgan fingerprint density at radius 2 is 1.15 bits per heavy atom. The van der Waals surface area contributed by atoms with Gasteiger partial charge in [0, 0.05) is 0 Å². The first-order valence-corrected chi connectivity index (χ1v) is 5.32. The van der Waals surface area contributed by atoms with Crippen molar-refractivity contribution in [3.8, 4) is 0 Å². The number of nitrogens with one attached hydrogen (secondary N) is 1. The van der Waals surface area contributed by atoms with Crippen LogP contribution in [0, 0.1) is 0 Å². The highest BCUT2D eigenvalue weighted by atomic mass is 32.2. The first kappa shape index (κ1) is 18.7. The van der Waals surface area contributed by atoms with Gasteiger partial charge in [-0.2, -0.15) is 47.9 Å². The van der Waals surface area contributed by atoms with Gasteiger partial charge in [0.1, 0.15) is 0 Å². The molecular weight excluding hydrogens is 344 g/mol. The molecule has 1 amide bonds. The molecule has 0 bridgehead atoms. The summed E-state index contributed by atoms with van der Waals surface area (Å²) in [5, 5.41) is -7.14. The summed E-state index contributed by atoms with van der Waals surface area (Å²) in [4.78, 5) is 9.53. The van der Waals surface area contributed by atoms with E-state index in [9.17, 15) is 57.1 Å². The standard InChI is InChI=1S/C5HF10NO3S/c6-1(17)16-20(18,19)5(14,15)3(9,10)2(7,8)4(11,12)13/h(H,16,17). The number of hydrogen-bond donors (Lipinski definition) is 1. The van der Waals surface area contributed by atoms with Crippen LogP contribution in [0.4, 0.5) is 48.7 Å². The number of hydrogen-bond acceptors (Lipinski definition) is 3. The van der Waals surface area contributed by atoms with Gasteiger partial charge in [-0.15, -0.1) is 4.39 Å². The second kappa shape index (κ2) is 4.63. The van der Waals surface area contributed by atoms with E-state index in [2.05, 4.69) is 0 Å². The van der Waals surface area contributed by atoms with Gasteiger partial charge in [-0.3, -0.25) is 0 Å². The Labute approximate surface area is 102 Å². The van der Waals surface area contributed by atoms with Crippen LogP contribution in [0.3, 0.4) is 0 Å². The highest BCUT2D eigenvalue weighted by molar-refractivity contribution is 7.91. The van der Waals surface area contributed by atoms with E-state index in [1.807, 2.05) is 0 Å². The fourth-order valence-corrected chi connectivity index (χ4v) is 1.50. The molecule has 1 N–H and O–H groups in total. The predicted molar refractivity (Wildman–Crippen MR) is 39.5 cm³/mol. The Hall–Kier alpha value is -1.28. The minimum absolute atomic E-state index is 0.475. The van der Waals surface area contributed by atoms with Gasteiger partial charge in [0.15, 0.2) is 0 Å². The first-order chi connectivity index (χ1) is 8.42. The zero-order chi connectivity index (χ0) is 16.8. The van der Waals surface area contributed by atoms with Crippen molar-refractivity contribution in [2.45, 2.75) is 23.3 Å². The summed E-state index contributed by atoms with van der Waals surface area (Å²) in [6, 6.07) is 0. The lowest BCUT2D eigenvalue weighted by atomic mass is 10.1. The molecule has 0 unspecified atom stereocenters. The molecule has 0 saturated heterocycles. The molecule has 20 heavy (non-hydrogen) atoms. The monoisotopic (exact) mass is 345 g/mol. The summed E-state index contributed by atoms with van der Waals surface area (Å²) in [6.45, 7) is 0. The van der Waals surface area contributed by atoms with Crippen molar-refractivity contribution >= 4 is 16.2 Å². The van der Waals surface area contributed by atoms with Gasteiger partial charge in [0.25, 0.3) is 0 Å². The Bertz CT molecular complexity index is 494. The number of halogens is 10. The van der Waals surface area contributed by atoms with E-state index >= 15 is 0 Å². The van der Waals surface area contributed by atoms with Gasteiger partial charge in [0.2, 0.25) is 0 Å². The molecule has 0 saturated carbocycles. The molecule has 0 aliphatic heterocycles. The van der Waals surface area contributed by atoms with Crippen molar-refractivity contribution in [3.63, 3.8) is 0 Å². The zero-order valence-electron chi connectivity index (χ0n) is 8.41. The third kappa shape index (κ3) is 2.62. The molecule has 0 aromatic carbocycles. The predicted octanol–water partition coefficient (Wildman–Crippen LogP) is 2.42. The maximum absolute atomic E-state index is 12.7. The van der Waals surface area contributed by atoms with E-state index in [1.165, 1.54) is 0 Å². The fourth-order valence-electron chi connectivity index (χ4n) is 0.699. The topological polar surface area (TPSA) is 63.2 Å². The minimum Gasteiger partial charge on any atom is -0.233 e. The summed E-state index contributed by atoms with van der Waals surface area (Å²) >= 11 is 0. The third-order valence-corrected chi connectivity index (χ3v) is 3.03. The number of amides is 1. The third-order valence-electron chi connectivity index (χ3n) is 1.67. The van der Waals surface area contributed by atoms with Gasteiger partial charge in [-0.1, -0.05) is 0 Å². The van der Waals surface area contributed by atoms with E-state index in [-0.39, 0.29) is 0 Å². The van der Waals surface area contributed by atoms with E-state index < -0.39 is 44.2 Å². The Kier molecular flexibility index (Phi) is 4.33. The molecule has 0 aromatic heterocycles. The number of carbonyl (C=O) groups is 1. The van der Waals surface area contributed by atoms with E-state index in [1.54, 1.807) is 0 Å². The van der Waals surface area contributed by atoms with Crippen molar-refractivity contribution in [3.05, 3.63) is 0 Å². The van der Waals surface area contributed by atoms with Crippen molar-refractivity contribution in [1.82, 2.24) is 4.72 Å². The van der Waals surface area contributed by atoms with Gasteiger partial charge in [-0.25, -0.2) is 9.52 Å². The summed E-state index contributed by atoms with van der Waals surface area (Å²) in [5.74, 6) is -15.0. The Balaban J connectivity index is 6.01. The van der Waals surface area contributed by atoms with E-state index in [4.69, 9.17) is 0 Å². The summed E-state index contributed by atoms with van der Waals surface area (Å²) < 4.78 is 142. The Morgan fingerprint density at radius 1 is 0.800 bits per heavy atom. The maximum Gasteiger partial charge on any atom is 0.460 e. The van der Waals surface area contributed by atoms with Crippen LogP contribution in [0.5, 0.6) is 0 Å². The highest BCUT2D eigenvalue weighted by Crippen LogP contribution is 2.54. The number of rotatable bonds is 4. The molecule has 0 heterocycles. The van der Waals surface area contributed by atoms with Crippen molar-refractivity contribution < 1.29 is 57.1 Å². The molecule has 0 aromatic rings. The van der Waals surface area contributed by atoms with Crippen LogP contribution < -0.4 is 4.72 Å². The summed E-state index contributed by atoms with van der Waals surface area (Å²) in [7, 11) is -7.20. The lowest BCUT2D eigenvalue weighted by molar-refractivity contribution is -0.382. The smallest absolute Gasteiger partial charge is 0.233 e. The van der Waals surface area contributed by atoms with Crippen LogP contribution in [0.1, 0.15) is 0 Å². The van der Waals surface area contributed by atoms with E-state index in [0.29, 0.717) is 0 Å². The first-order valence-electron chi connectivity index (χ1n) is 3.84. The lowest BCUT2D eigenvalue weighted by Crippen LogP contribution is -2.65. The average Bonchev–Trinajstić information content (AvgIpc) is 2.12. The van der Waals surface area contributed by atoms with Crippen molar-refractivity contribution in [2.75, 3.05) is 0 Å². The molecule has 120 valence electrons. The normalized spacial score (nSPS) is 15.1. The van der Waals surface area contributed by atoms with Gasteiger partial charge < -0.3 is 0 Å². The van der Waals surface area contributed by atoms with Crippen molar-refractivity contribution in [2.24, 2.45) is 0 Å². The lowest BCUT2D eigenvalue weighted by Gasteiger charge is -2.32. The molecule has 0 aliphatic carbocycles. The average molecular weight is 345 g/mol. The van der Waals surface area contributed by atoms with Crippen LogP contribution in [0.25, 0.3) is 0 Å². The van der Waals surface area contributed by atoms with Crippen LogP contribution in [0.2, 0.25) is 0 Å². The minimum atomic E-state index is -7.51. The highest BCUT2D eigenvalue weighted by Gasteiger charge is 2.85. The number of alkyl halides is 9. The van der Waals surface area contributed by atoms with Crippen LogP contribution in [-0.2, 0) is 10.0 Å². The van der Waals surface area contributed by atoms with Crippen molar-refractivity contribution in [1.29, 1.82) is 0 Å². The quantitative estimate of drug-likeness (QED) is 0.484. The largest absolute Gasteiger partial charge is 0.460 e. The van der Waals surface area contributed by atoms with Crippen LogP contribution >= 0.6 is 0 Å². The van der Waals surface area contributed by atoms with Gasteiger partial charge >= 0.3 is 39.5 Å². The van der Waals surface area contributed by atoms with Crippen LogP contribution in [0.15, 0.2) is 0 Å². The fraction of sp³-hybridized carbons (Fsp3) is 0.800. The second-order valence-electron chi connectivity index (χ2n) is 3.04. The zero-order valence-corrected chi connectivity index (χ0v) is 9.23. The molecule has 0 radical (unpaired) electrons. The summed E-state index contributed by atoms with van der Waals surface area (Å²) in [5.41, 5.74) is 0. The number of carbonyl (C=O) groups excluding carboxylic acids is 1. The van der Waals surface area contributed by atoms with Gasteiger partial charge in [0.05, 0.1) is 0 Å².